The van der Waals surface area contributed by atoms with E-state index in [1.54, 1.807) is 0 Å². The lowest BCUT2D eigenvalue weighted by molar-refractivity contribution is -0.132. The van der Waals surface area contributed by atoms with Gasteiger partial charge in [0.1, 0.15) is 0 Å². The summed E-state index contributed by atoms with van der Waals surface area (Å²) in [7, 11) is 0. The van der Waals surface area contributed by atoms with Crippen LogP contribution in [0.3, 0.4) is 0 Å². The summed E-state index contributed by atoms with van der Waals surface area (Å²) >= 11 is 0. The van der Waals surface area contributed by atoms with Crippen LogP contribution in [-0.2, 0) is 22.5 Å². The van der Waals surface area contributed by atoms with Crippen LogP contribution in [0.5, 0.6) is 0 Å². The molecule has 0 aliphatic carbocycles. The average Bonchev–Trinajstić information content (AvgIpc) is 2.65. The smallest absolute Gasteiger partial charge is 0.227 e. The zero-order valence-electron chi connectivity index (χ0n) is 14.6. The first-order chi connectivity index (χ1) is 12.2. The molecule has 1 amide bonds. The fourth-order valence-electron chi connectivity index (χ4n) is 3.22. The number of carbonyl (C=O) groups excluding carboxylic acids is 1. The number of nitrogens with zero attached hydrogens (tertiary/aromatic N) is 1. The van der Waals surface area contributed by atoms with Crippen LogP contribution in [0.4, 0.5) is 5.69 Å². The summed E-state index contributed by atoms with van der Waals surface area (Å²) < 4.78 is 5.45. The highest BCUT2D eigenvalue weighted by Gasteiger charge is 2.21. The highest BCUT2D eigenvalue weighted by Crippen LogP contribution is 2.19. The van der Waals surface area contributed by atoms with Crippen molar-refractivity contribution in [2.75, 3.05) is 25.5 Å². The van der Waals surface area contributed by atoms with Crippen LogP contribution in [0.25, 0.3) is 0 Å². The van der Waals surface area contributed by atoms with Crippen molar-refractivity contribution in [2.45, 2.75) is 25.8 Å². The van der Waals surface area contributed by atoms with E-state index in [1.165, 1.54) is 5.56 Å². The Morgan fingerprint density at radius 2 is 1.68 bits per heavy atom. The summed E-state index contributed by atoms with van der Waals surface area (Å²) in [6.45, 7) is 3.06. The number of hydrogen-bond acceptors (Lipinski definition) is 3. The van der Waals surface area contributed by atoms with Crippen molar-refractivity contribution in [2.24, 2.45) is 5.92 Å². The van der Waals surface area contributed by atoms with Crippen LogP contribution in [0.2, 0.25) is 0 Å². The summed E-state index contributed by atoms with van der Waals surface area (Å²) in [5.41, 5.74) is 8.63. The van der Waals surface area contributed by atoms with Gasteiger partial charge in [0, 0.05) is 32.0 Å². The van der Waals surface area contributed by atoms with Gasteiger partial charge < -0.3 is 15.4 Å². The molecule has 0 radical (unpaired) electrons. The number of nitrogen functional groups attached to an aromatic ring is 1. The molecule has 1 aliphatic rings. The van der Waals surface area contributed by atoms with E-state index in [1.807, 2.05) is 47.4 Å². The van der Waals surface area contributed by atoms with Crippen molar-refractivity contribution in [1.82, 2.24) is 4.90 Å². The molecule has 1 fully saturated rings. The van der Waals surface area contributed by atoms with Crippen LogP contribution < -0.4 is 5.73 Å². The number of carbonyl (C=O) groups is 1. The van der Waals surface area contributed by atoms with Crippen molar-refractivity contribution in [3.8, 4) is 0 Å². The van der Waals surface area contributed by atoms with Gasteiger partial charge in [-0.15, -0.1) is 0 Å². The number of amides is 1. The molecule has 25 heavy (non-hydrogen) atoms. The second-order valence-corrected chi connectivity index (χ2v) is 6.73. The third-order valence-electron chi connectivity index (χ3n) is 4.72. The Kier molecular flexibility index (Phi) is 6.07. The van der Waals surface area contributed by atoms with E-state index < -0.39 is 0 Å². The van der Waals surface area contributed by atoms with E-state index in [0.717, 1.165) is 43.9 Å². The van der Waals surface area contributed by atoms with Crippen molar-refractivity contribution < 1.29 is 9.53 Å². The molecule has 0 atom stereocenters. The van der Waals surface area contributed by atoms with Gasteiger partial charge in [0.2, 0.25) is 5.91 Å². The Morgan fingerprint density at radius 1 is 1.00 bits per heavy atom. The van der Waals surface area contributed by atoms with Crippen molar-refractivity contribution in [1.29, 1.82) is 0 Å². The van der Waals surface area contributed by atoms with E-state index in [4.69, 9.17) is 10.5 Å². The maximum atomic E-state index is 12.9. The lowest BCUT2D eigenvalue weighted by atomic mass is 9.99. The van der Waals surface area contributed by atoms with Crippen molar-refractivity contribution >= 4 is 11.6 Å². The fraction of sp³-hybridized carbons (Fsp3) is 0.381. The maximum absolute atomic E-state index is 12.9. The molecule has 1 saturated heterocycles. The third-order valence-corrected chi connectivity index (χ3v) is 4.72. The molecule has 2 N–H and O–H groups in total. The average molecular weight is 338 g/mol. The molecule has 4 nitrogen and oxygen atoms in total. The molecule has 2 aromatic carbocycles. The van der Waals surface area contributed by atoms with Gasteiger partial charge in [0.25, 0.3) is 0 Å². The number of benzene rings is 2. The topological polar surface area (TPSA) is 55.6 Å². The molecule has 0 spiro atoms. The summed E-state index contributed by atoms with van der Waals surface area (Å²) in [4.78, 5) is 14.9. The molecule has 132 valence electrons. The van der Waals surface area contributed by atoms with Gasteiger partial charge in [-0.1, -0.05) is 42.5 Å². The molecular formula is C21H26N2O2. The van der Waals surface area contributed by atoms with Crippen LogP contribution >= 0.6 is 0 Å². The molecule has 3 rings (SSSR count). The minimum atomic E-state index is 0.167. The second-order valence-electron chi connectivity index (χ2n) is 6.73. The number of nitrogens with two attached hydrogens (primary N) is 1. The molecule has 0 aromatic heterocycles. The minimum Gasteiger partial charge on any atom is -0.399 e. The quantitative estimate of drug-likeness (QED) is 0.823. The molecule has 0 bridgehead atoms. The van der Waals surface area contributed by atoms with Crippen LogP contribution in [0.1, 0.15) is 24.0 Å². The van der Waals surface area contributed by atoms with E-state index >= 15 is 0 Å². The number of anilines is 1. The van der Waals surface area contributed by atoms with Crippen molar-refractivity contribution in [3.05, 3.63) is 65.7 Å². The predicted molar refractivity (Wildman–Crippen MR) is 100.0 cm³/mol. The lowest BCUT2D eigenvalue weighted by Crippen LogP contribution is -2.37. The first kappa shape index (κ1) is 17.5. The largest absolute Gasteiger partial charge is 0.399 e. The number of rotatable bonds is 6. The van der Waals surface area contributed by atoms with Gasteiger partial charge in [-0.05, 0) is 42.0 Å². The van der Waals surface area contributed by atoms with E-state index in [-0.39, 0.29) is 5.91 Å². The number of ether oxygens (including phenoxy) is 1. The van der Waals surface area contributed by atoms with E-state index in [9.17, 15) is 4.79 Å². The van der Waals surface area contributed by atoms with Gasteiger partial charge in [-0.2, -0.15) is 0 Å². The summed E-state index contributed by atoms with van der Waals surface area (Å²) in [6, 6.07) is 17.8. The Bertz CT molecular complexity index is 664. The summed E-state index contributed by atoms with van der Waals surface area (Å²) in [5.74, 6) is 0.688. The minimum absolute atomic E-state index is 0.167. The molecule has 1 heterocycles. The lowest BCUT2D eigenvalue weighted by Gasteiger charge is -2.30. The second kappa shape index (κ2) is 8.67. The Labute approximate surface area is 149 Å². The van der Waals surface area contributed by atoms with Crippen molar-refractivity contribution in [3.63, 3.8) is 0 Å². The Balaban J connectivity index is 1.69. The molecule has 1 aliphatic heterocycles. The first-order valence-corrected chi connectivity index (χ1v) is 8.94. The Morgan fingerprint density at radius 3 is 2.36 bits per heavy atom. The molecular weight excluding hydrogens is 312 g/mol. The molecule has 2 aromatic rings. The van der Waals surface area contributed by atoms with Gasteiger partial charge in [0.05, 0.1) is 6.42 Å². The van der Waals surface area contributed by atoms with Crippen LogP contribution in [0, 0.1) is 5.92 Å². The number of hydrogen-bond donors (Lipinski definition) is 1. The monoisotopic (exact) mass is 338 g/mol. The van der Waals surface area contributed by atoms with Gasteiger partial charge in [-0.25, -0.2) is 0 Å². The molecule has 0 saturated carbocycles. The van der Waals surface area contributed by atoms with E-state index in [2.05, 4.69) is 12.1 Å². The normalized spacial score (nSPS) is 15.0. The standard InChI is InChI=1S/C21H26N2O2/c22-20-8-6-17(7-9-20)14-21(24)23(15-18-4-2-1-3-5-18)16-19-10-12-25-13-11-19/h1-9,19H,10-16,22H2. The predicted octanol–water partition coefficient (Wildman–Crippen LogP) is 3.27. The summed E-state index contributed by atoms with van der Waals surface area (Å²) in [6.07, 6.45) is 2.47. The van der Waals surface area contributed by atoms with Crippen LogP contribution in [0.15, 0.2) is 54.6 Å². The van der Waals surface area contributed by atoms with E-state index in [0.29, 0.717) is 18.9 Å². The van der Waals surface area contributed by atoms with Gasteiger partial charge >= 0.3 is 0 Å². The molecule has 4 heteroatoms. The summed E-state index contributed by atoms with van der Waals surface area (Å²) in [5, 5.41) is 0. The zero-order chi connectivity index (χ0) is 17.5. The third kappa shape index (κ3) is 5.33. The molecule has 0 unspecified atom stereocenters. The fourth-order valence-corrected chi connectivity index (χ4v) is 3.22. The maximum Gasteiger partial charge on any atom is 0.227 e. The van der Waals surface area contributed by atoms with Gasteiger partial charge in [-0.3, -0.25) is 4.79 Å². The first-order valence-electron chi connectivity index (χ1n) is 8.94. The van der Waals surface area contributed by atoms with Crippen LogP contribution in [-0.4, -0.2) is 30.6 Å². The SMILES string of the molecule is Nc1ccc(CC(=O)N(Cc2ccccc2)CC2CCOCC2)cc1. The highest BCUT2D eigenvalue weighted by atomic mass is 16.5. The Hall–Kier alpha value is -2.33. The van der Waals surface area contributed by atoms with Gasteiger partial charge in [0.15, 0.2) is 0 Å². The zero-order valence-corrected chi connectivity index (χ0v) is 14.6. The highest BCUT2D eigenvalue weighted by molar-refractivity contribution is 5.79.